The van der Waals surface area contributed by atoms with E-state index in [1.807, 2.05) is 0 Å². The third kappa shape index (κ3) is 4.09. The first-order valence-electron chi connectivity index (χ1n) is 5.37. The van der Waals surface area contributed by atoms with Gasteiger partial charge in [0.25, 0.3) is 0 Å². The van der Waals surface area contributed by atoms with Gasteiger partial charge in [0, 0.05) is 12.0 Å². The van der Waals surface area contributed by atoms with Gasteiger partial charge in [0.2, 0.25) is 0 Å². The lowest BCUT2D eigenvalue weighted by molar-refractivity contribution is -0.274. The van der Waals surface area contributed by atoms with E-state index in [4.69, 9.17) is 0 Å². The van der Waals surface area contributed by atoms with E-state index in [9.17, 15) is 23.1 Å². The van der Waals surface area contributed by atoms with Crippen LogP contribution in [0, 0.1) is 0 Å². The lowest BCUT2D eigenvalue weighted by atomic mass is 10.0. The molecule has 1 aliphatic rings. The van der Waals surface area contributed by atoms with Crippen LogP contribution in [-0.4, -0.2) is 24.2 Å². The summed E-state index contributed by atoms with van der Waals surface area (Å²) >= 11 is 0. The van der Waals surface area contributed by atoms with E-state index < -0.39 is 24.2 Å². The average Bonchev–Trinajstić information content (AvgIpc) is 2.30. The van der Waals surface area contributed by atoms with Gasteiger partial charge in [-0.3, -0.25) is 0 Å². The molecule has 0 aliphatic carbocycles. The number of alkyl carbamates (subject to hydrolysis) is 1. The normalized spacial score (nSPS) is 18.6. The second-order valence-corrected chi connectivity index (χ2v) is 3.89. The quantitative estimate of drug-likeness (QED) is 0.881. The van der Waals surface area contributed by atoms with Crippen molar-refractivity contribution in [3.63, 3.8) is 0 Å². The van der Waals surface area contributed by atoms with Gasteiger partial charge in [0.15, 0.2) is 0 Å². The van der Waals surface area contributed by atoms with Gasteiger partial charge >= 0.3 is 12.5 Å². The summed E-state index contributed by atoms with van der Waals surface area (Å²) in [6, 6.07) is 2.50. The molecule has 1 fully saturated rings. The van der Waals surface area contributed by atoms with E-state index in [0.717, 1.165) is 18.2 Å². The molecule has 112 valence electrons. The molecule has 9 heteroatoms. The van der Waals surface area contributed by atoms with E-state index in [2.05, 4.69) is 14.8 Å². The van der Waals surface area contributed by atoms with Crippen molar-refractivity contribution in [1.82, 2.24) is 5.32 Å². The Hall–Kier alpha value is -1.83. The Kier molecular flexibility index (Phi) is 4.93. The molecule has 1 aromatic carbocycles. The summed E-state index contributed by atoms with van der Waals surface area (Å²) < 4.78 is 44.7. The summed E-state index contributed by atoms with van der Waals surface area (Å²) in [5.74, 6) is -0.678. The number of alkyl halides is 3. The zero-order valence-corrected chi connectivity index (χ0v) is 10.8. The molecule has 1 heterocycles. The summed E-state index contributed by atoms with van der Waals surface area (Å²) in [4.78, 5) is 11.0. The fourth-order valence-electron chi connectivity index (χ4n) is 1.77. The molecule has 0 saturated carbocycles. The maximum Gasteiger partial charge on any atom is 0.573 e. The fourth-order valence-corrected chi connectivity index (χ4v) is 1.77. The van der Waals surface area contributed by atoms with Crippen LogP contribution >= 0.6 is 12.4 Å². The number of cyclic esters (lactones) is 1. The van der Waals surface area contributed by atoms with Gasteiger partial charge in [-0.15, -0.1) is 25.6 Å². The number of aromatic hydroxyl groups is 1. The molecule has 20 heavy (non-hydrogen) atoms. The second kappa shape index (κ2) is 6.08. The Balaban J connectivity index is 0.00000200. The zero-order valence-electron chi connectivity index (χ0n) is 9.94. The molecule has 1 saturated heterocycles. The summed E-state index contributed by atoms with van der Waals surface area (Å²) in [7, 11) is 0. The molecule has 0 radical (unpaired) electrons. The van der Waals surface area contributed by atoms with Crippen molar-refractivity contribution in [2.75, 3.05) is 6.61 Å². The van der Waals surface area contributed by atoms with Gasteiger partial charge in [-0.2, -0.15) is 0 Å². The third-order valence-corrected chi connectivity index (χ3v) is 2.54. The lowest BCUT2D eigenvalue weighted by Crippen LogP contribution is -2.35. The van der Waals surface area contributed by atoms with Crippen LogP contribution in [0.3, 0.4) is 0 Å². The molecule has 0 unspecified atom stereocenters. The third-order valence-electron chi connectivity index (χ3n) is 2.54. The predicted octanol–water partition coefficient (Wildman–Crippen LogP) is 2.88. The summed E-state index contributed by atoms with van der Waals surface area (Å²) in [6.45, 7) is 0.125. The molecular weight excluding hydrogens is 303 g/mol. The number of hydrogen-bond donors (Lipinski definition) is 2. The molecule has 1 atom stereocenters. The highest BCUT2D eigenvalue weighted by Crippen LogP contribution is 2.33. The first-order chi connectivity index (χ1) is 8.85. The van der Waals surface area contributed by atoms with Gasteiger partial charge in [-0.25, -0.2) is 4.79 Å². The molecular formula is C11H11ClF3NO4. The Bertz CT molecular complexity index is 495. The van der Waals surface area contributed by atoms with Crippen LogP contribution in [0.4, 0.5) is 18.0 Å². The van der Waals surface area contributed by atoms with E-state index in [0.29, 0.717) is 6.42 Å². The number of phenolic OH excluding ortho intramolecular Hbond substituents is 1. The molecule has 2 N–H and O–H groups in total. The molecule has 1 aliphatic heterocycles. The number of rotatable bonds is 2. The number of ether oxygens (including phenoxy) is 2. The highest BCUT2D eigenvalue weighted by Gasteiger charge is 2.32. The summed E-state index contributed by atoms with van der Waals surface area (Å²) in [5.41, 5.74) is 0.151. The topological polar surface area (TPSA) is 67.8 Å². The minimum Gasteiger partial charge on any atom is -0.508 e. The first kappa shape index (κ1) is 16.2. The second-order valence-electron chi connectivity index (χ2n) is 3.89. The van der Waals surface area contributed by atoms with Gasteiger partial charge in [-0.05, 0) is 18.2 Å². The molecule has 5 nitrogen and oxygen atoms in total. The molecule has 1 amide bonds. The van der Waals surface area contributed by atoms with Gasteiger partial charge < -0.3 is 19.9 Å². The maximum atomic E-state index is 12.1. The number of carbonyl (C=O) groups is 1. The minimum atomic E-state index is -4.81. The van der Waals surface area contributed by atoms with Crippen LogP contribution in [0.2, 0.25) is 0 Å². The number of carbonyl (C=O) groups excluding carboxylic acids is 1. The van der Waals surface area contributed by atoms with Crippen LogP contribution < -0.4 is 10.1 Å². The number of halogens is 4. The summed E-state index contributed by atoms with van der Waals surface area (Å²) in [5, 5.41) is 12.0. The number of amides is 1. The monoisotopic (exact) mass is 313 g/mol. The summed E-state index contributed by atoms with van der Waals surface area (Å²) in [6.07, 6.45) is -5.15. The molecule has 0 bridgehead atoms. The van der Waals surface area contributed by atoms with Crippen LogP contribution in [0.25, 0.3) is 0 Å². The van der Waals surface area contributed by atoms with Gasteiger partial charge in [-0.1, -0.05) is 0 Å². The van der Waals surface area contributed by atoms with Crippen molar-refractivity contribution in [2.45, 2.75) is 18.8 Å². The number of benzene rings is 1. The standard InChI is InChI=1S/C11H10F3NO4.ClH/c12-11(13,14)19-6-1-2-9(16)7(5-6)8-3-4-18-10(17)15-8;/h1-2,5,8,16H,3-4H2,(H,15,17);1H/t8-;/m1./s1. The van der Waals surface area contributed by atoms with Crippen LogP contribution in [0.1, 0.15) is 18.0 Å². The molecule has 0 spiro atoms. The molecule has 1 aromatic rings. The number of nitrogens with one attached hydrogen (secondary N) is 1. The van der Waals surface area contributed by atoms with E-state index >= 15 is 0 Å². The van der Waals surface area contributed by atoms with Crippen LogP contribution in [0.15, 0.2) is 18.2 Å². The van der Waals surface area contributed by atoms with Crippen molar-refractivity contribution in [3.05, 3.63) is 23.8 Å². The van der Waals surface area contributed by atoms with E-state index in [1.165, 1.54) is 0 Å². The highest BCUT2D eigenvalue weighted by atomic mass is 35.5. The van der Waals surface area contributed by atoms with Crippen LogP contribution in [0.5, 0.6) is 11.5 Å². The van der Waals surface area contributed by atoms with Crippen molar-refractivity contribution < 1.29 is 32.5 Å². The largest absolute Gasteiger partial charge is 0.573 e. The molecule has 2 rings (SSSR count). The first-order valence-corrected chi connectivity index (χ1v) is 5.37. The lowest BCUT2D eigenvalue weighted by Gasteiger charge is -2.24. The minimum absolute atomic E-state index is 0. The predicted molar refractivity (Wildman–Crippen MR) is 63.9 cm³/mol. The highest BCUT2D eigenvalue weighted by molar-refractivity contribution is 5.85. The smallest absolute Gasteiger partial charge is 0.508 e. The molecule has 0 aromatic heterocycles. The van der Waals surface area contributed by atoms with Crippen molar-refractivity contribution in [2.24, 2.45) is 0 Å². The van der Waals surface area contributed by atoms with Crippen molar-refractivity contribution in [1.29, 1.82) is 0 Å². The Morgan fingerprint density at radius 3 is 2.70 bits per heavy atom. The Morgan fingerprint density at radius 2 is 2.10 bits per heavy atom. The Morgan fingerprint density at radius 1 is 1.40 bits per heavy atom. The SMILES string of the molecule is Cl.O=C1N[C@@H](c2cc(OC(F)(F)F)ccc2O)CCO1. The fraction of sp³-hybridized carbons (Fsp3) is 0.364. The van der Waals surface area contributed by atoms with Crippen molar-refractivity contribution >= 4 is 18.5 Å². The Labute approximate surface area is 118 Å². The van der Waals surface area contributed by atoms with Gasteiger partial charge in [0.1, 0.15) is 11.5 Å². The number of phenols is 1. The van der Waals surface area contributed by atoms with Crippen LogP contribution in [-0.2, 0) is 4.74 Å². The zero-order chi connectivity index (χ0) is 14.0. The maximum absolute atomic E-state index is 12.1. The van der Waals surface area contributed by atoms with E-state index in [-0.39, 0.29) is 30.3 Å². The average molecular weight is 314 g/mol. The van der Waals surface area contributed by atoms with Crippen molar-refractivity contribution in [3.8, 4) is 11.5 Å². The number of hydrogen-bond acceptors (Lipinski definition) is 4. The van der Waals surface area contributed by atoms with E-state index in [1.54, 1.807) is 0 Å². The van der Waals surface area contributed by atoms with Gasteiger partial charge in [0.05, 0.1) is 12.6 Å².